The molecule has 82 valence electrons. The minimum Gasteiger partial charge on any atom is -0.234 e. The fraction of sp³-hybridized carbons (Fsp3) is 0.154. The third-order valence-corrected chi connectivity index (χ3v) is 2.46. The molecular weight excluding hydrogens is 220 g/mol. The Morgan fingerprint density at radius 1 is 1.19 bits per heavy atom. The van der Waals surface area contributed by atoms with Crippen molar-refractivity contribution in [1.29, 1.82) is 0 Å². The summed E-state index contributed by atoms with van der Waals surface area (Å²) in [4.78, 5) is 0. The second-order valence-corrected chi connectivity index (χ2v) is 3.76. The summed E-state index contributed by atoms with van der Waals surface area (Å²) < 4.78 is 1.91. The summed E-state index contributed by atoms with van der Waals surface area (Å²) in [5.41, 5.74) is 2.13. The van der Waals surface area contributed by atoms with E-state index in [9.17, 15) is 0 Å². The fourth-order valence-electron chi connectivity index (χ4n) is 1.49. The molecular formula is C13H13ClN2. The van der Waals surface area contributed by atoms with Crippen LogP contribution in [0, 0.1) is 0 Å². The van der Waals surface area contributed by atoms with Crippen LogP contribution in [0.4, 0.5) is 0 Å². The maximum absolute atomic E-state index is 5.62. The molecule has 0 aliphatic rings. The molecule has 0 aliphatic heterocycles. The summed E-state index contributed by atoms with van der Waals surface area (Å²) in [7, 11) is 0. The van der Waals surface area contributed by atoms with Gasteiger partial charge in [-0.25, -0.2) is 4.68 Å². The summed E-state index contributed by atoms with van der Waals surface area (Å²) in [6.45, 7) is 0. The van der Waals surface area contributed by atoms with Crippen molar-refractivity contribution in [3.63, 3.8) is 0 Å². The highest BCUT2D eigenvalue weighted by Gasteiger charge is 2.00. The van der Waals surface area contributed by atoms with E-state index in [1.54, 1.807) is 6.20 Å². The quantitative estimate of drug-likeness (QED) is 0.738. The third kappa shape index (κ3) is 2.52. The van der Waals surface area contributed by atoms with Gasteiger partial charge < -0.3 is 0 Å². The van der Waals surface area contributed by atoms with Crippen LogP contribution in [0.5, 0.6) is 0 Å². The monoisotopic (exact) mass is 232 g/mol. The van der Waals surface area contributed by atoms with Crippen LogP contribution in [0.2, 0.25) is 0 Å². The predicted molar refractivity (Wildman–Crippen MR) is 67.9 cm³/mol. The van der Waals surface area contributed by atoms with Crippen molar-refractivity contribution in [2.24, 2.45) is 0 Å². The van der Waals surface area contributed by atoms with Gasteiger partial charge in [0.2, 0.25) is 0 Å². The van der Waals surface area contributed by atoms with Gasteiger partial charge in [0.05, 0.1) is 17.6 Å². The van der Waals surface area contributed by atoms with Crippen LogP contribution >= 0.6 is 11.6 Å². The molecule has 2 nitrogen and oxygen atoms in total. The standard InChI is InChI=1S/C13H13ClN2/c14-10-5-4-8-13-9-11-15-16(13)12-6-2-1-3-7-12/h1-4,6-9,11H,5,10H2/b8-4+. The number of allylic oxidation sites excluding steroid dienone is 1. The average Bonchev–Trinajstić information content (AvgIpc) is 2.79. The topological polar surface area (TPSA) is 17.8 Å². The Morgan fingerprint density at radius 2 is 2.00 bits per heavy atom. The van der Waals surface area contributed by atoms with Crippen molar-refractivity contribution in [3.05, 3.63) is 54.4 Å². The molecule has 3 heteroatoms. The van der Waals surface area contributed by atoms with E-state index >= 15 is 0 Å². The van der Waals surface area contributed by atoms with Crippen LogP contribution in [-0.4, -0.2) is 15.7 Å². The zero-order chi connectivity index (χ0) is 11.2. The molecule has 2 aromatic rings. The second-order valence-electron chi connectivity index (χ2n) is 3.38. The van der Waals surface area contributed by atoms with E-state index in [2.05, 4.69) is 11.2 Å². The van der Waals surface area contributed by atoms with Crippen LogP contribution in [0.15, 0.2) is 48.7 Å². The smallest absolute Gasteiger partial charge is 0.0665 e. The van der Waals surface area contributed by atoms with Gasteiger partial charge in [-0.1, -0.05) is 24.3 Å². The molecule has 1 aromatic carbocycles. The van der Waals surface area contributed by atoms with Crippen molar-refractivity contribution in [3.8, 4) is 5.69 Å². The van der Waals surface area contributed by atoms with Gasteiger partial charge in [-0.3, -0.25) is 0 Å². The SMILES string of the molecule is ClCC/C=C/c1ccnn1-c1ccccc1. The zero-order valence-corrected chi connectivity index (χ0v) is 9.64. The average molecular weight is 233 g/mol. The Labute approximate surface area is 100 Å². The van der Waals surface area contributed by atoms with E-state index in [4.69, 9.17) is 11.6 Å². The molecule has 0 radical (unpaired) electrons. The first-order valence-corrected chi connectivity index (χ1v) is 5.77. The number of nitrogens with zero attached hydrogens (tertiary/aromatic N) is 2. The minimum absolute atomic E-state index is 0.649. The van der Waals surface area contributed by atoms with Crippen LogP contribution in [0.3, 0.4) is 0 Å². The van der Waals surface area contributed by atoms with Crippen LogP contribution < -0.4 is 0 Å². The molecule has 0 N–H and O–H groups in total. The Kier molecular flexibility index (Phi) is 3.78. The van der Waals surface area contributed by atoms with Gasteiger partial charge in [0.25, 0.3) is 0 Å². The summed E-state index contributed by atoms with van der Waals surface area (Å²) in [5, 5.41) is 4.30. The highest BCUT2D eigenvalue weighted by atomic mass is 35.5. The highest BCUT2D eigenvalue weighted by molar-refractivity contribution is 6.17. The minimum atomic E-state index is 0.649. The van der Waals surface area contributed by atoms with Gasteiger partial charge in [0, 0.05) is 5.88 Å². The molecule has 0 amide bonds. The van der Waals surface area contributed by atoms with Crippen molar-refractivity contribution < 1.29 is 0 Å². The van der Waals surface area contributed by atoms with Crippen molar-refractivity contribution in [2.45, 2.75) is 6.42 Å². The lowest BCUT2D eigenvalue weighted by Gasteiger charge is -2.03. The van der Waals surface area contributed by atoms with Crippen molar-refractivity contribution in [1.82, 2.24) is 9.78 Å². The van der Waals surface area contributed by atoms with Gasteiger partial charge in [-0.2, -0.15) is 5.10 Å². The largest absolute Gasteiger partial charge is 0.234 e. The number of para-hydroxylation sites is 1. The molecule has 0 unspecified atom stereocenters. The summed E-state index contributed by atoms with van der Waals surface area (Å²) in [6, 6.07) is 12.1. The van der Waals surface area contributed by atoms with Gasteiger partial charge in [-0.15, -0.1) is 11.6 Å². The molecule has 0 spiro atoms. The van der Waals surface area contributed by atoms with E-state index < -0.39 is 0 Å². The molecule has 2 rings (SSSR count). The molecule has 16 heavy (non-hydrogen) atoms. The van der Waals surface area contributed by atoms with E-state index in [1.807, 2.05) is 47.2 Å². The number of halogens is 1. The predicted octanol–water partition coefficient (Wildman–Crippen LogP) is 3.51. The van der Waals surface area contributed by atoms with Crippen LogP contribution in [0.25, 0.3) is 11.8 Å². The maximum Gasteiger partial charge on any atom is 0.0665 e. The first-order valence-electron chi connectivity index (χ1n) is 5.24. The first-order chi connectivity index (χ1) is 7.92. The zero-order valence-electron chi connectivity index (χ0n) is 8.88. The molecule has 1 heterocycles. The molecule has 0 bridgehead atoms. The number of benzene rings is 1. The van der Waals surface area contributed by atoms with Crippen LogP contribution in [-0.2, 0) is 0 Å². The number of rotatable bonds is 4. The summed E-state index contributed by atoms with van der Waals surface area (Å²) >= 11 is 5.62. The molecule has 1 aromatic heterocycles. The Hall–Kier alpha value is -1.54. The van der Waals surface area contributed by atoms with E-state index in [0.717, 1.165) is 17.8 Å². The maximum atomic E-state index is 5.62. The second kappa shape index (κ2) is 5.52. The van der Waals surface area contributed by atoms with Gasteiger partial charge in [0.15, 0.2) is 0 Å². The van der Waals surface area contributed by atoms with E-state index in [0.29, 0.717) is 5.88 Å². The van der Waals surface area contributed by atoms with Crippen LogP contribution in [0.1, 0.15) is 12.1 Å². The molecule has 0 saturated carbocycles. The lowest BCUT2D eigenvalue weighted by Crippen LogP contribution is -1.97. The number of hydrogen-bond acceptors (Lipinski definition) is 1. The fourth-order valence-corrected chi connectivity index (χ4v) is 1.62. The normalized spacial score (nSPS) is 11.1. The number of hydrogen-bond donors (Lipinski definition) is 0. The first kappa shape index (κ1) is 11.0. The molecule has 0 saturated heterocycles. The Bertz CT molecular complexity index is 460. The third-order valence-electron chi connectivity index (χ3n) is 2.24. The Morgan fingerprint density at radius 3 is 2.75 bits per heavy atom. The van der Waals surface area contributed by atoms with E-state index in [-0.39, 0.29) is 0 Å². The van der Waals surface area contributed by atoms with Crippen molar-refractivity contribution >= 4 is 17.7 Å². The summed E-state index contributed by atoms with van der Waals surface area (Å²) in [5.74, 6) is 0.649. The summed E-state index contributed by atoms with van der Waals surface area (Å²) in [6.07, 6.45) is 6.78. The molecule has 0 fully saturated rings. The number of aromatic nitrogens is 2. The van der Waals surface area contributed by atoms with Gasteiger partial charge in [-0.05, 0) is 30.7 Å². The van der Waals surface area contributed by atoms with Gasteiger partial charge in [0.1, 0.15) is 0 Å². The lowest BCUT2D eigenvalue weighted by molar-refractivity contribution is 0.871. The van der Waals surface area contributed by atoms with Gasteiger partial charge >= 0.3 is 0 Å². The lowest BCUT2D eigenvalue weighted by atomic mass is 10.3. The number of alkyl halides is 1. The van der Waals surface area contributed by atoms with E-state index in [1.165, 1.54) is 0 Å². The Balaban J connectivity index is 2.26. The highest BCUT2D eigenvalue weighted by Crippen LogP contribution is 2.11. The van der Waals surface area contributed by atoms with Crippen molar-refractivity contribution in [2.75, 3.05) is 5.88 Å². The molecule has 0 atom stereocenters. The molecule has 0 aliphatic carbocycles.